The molecule has 2 rings (SSSR count). The van der Waals surface area contributed by atoms with E-state index in [1.54, 1.807) is 0 Å². The van der Waals surface area contributed by atoms with E-state index in [4.69, 9.17) is 16.1 Å². The van der Waals surface area contributed by atoms with E-state index in [1.807, 2.05) is 31.2 Å². The maximum Gasteiger partial charge on any atom is 0.231 e. The van der Waals surface area contributed by atoms with Crippen molar-refractivity contribution in [3.63, 3.8) is 0 Å². The Morgan fingerprint density at radius 3 is 2.62 bits per heavy atom. The molecule has 0 amide bonds. The number of aromatic nitrogens is 2. The molecule has 0 fully saturated rings. The van der Waals surface area contributed by atoms with Gasteiger partial charge in [-0.05, 0) is 24.6 Å². The topological polar surface area (TPSA) is 38.9 Å². The van der Waals surface area contributed by atoms with Gasteiger partial charge in [0.05, 0.1) is 11.8 Å². The van der Waals surface area contributed by atoms with Gasteiger partial charge in [0.15, 0.2) is 5.82 Å². The lowest BCUT2D eigenvalue weighted by Crippen LogP contribution is -1.90. The van der Waals surface area contributed by atoms with Crippen molar-refractivity contribution < 1.29 is 4.52 Å². The molecule has 1 heterocycles. The fourth-order valence-electron chi connectivity index (χ4n) is 1.28. The van der Waals surface area contributed by atoms with Crippen LogP contribution in [0.25, 0.3) is 0 Å². The molecule has 0 aliphatic rings. The molecule has 1 atom stereocenters. The molecule has 0 spiro atoms. The minimum absolute atomic E-state index is 0.220. The molecule has 1 aromatic heterocycles. The minimum Gasteiger partial charge on any atom is -0.339 e. The van der Waals surface area contributed by atoms with Gasteiger partial charge >= 0.3 is 0 Å². The predicted molar refractivity (Wildman–Crippen MR) is 65.5 cm³/mol. The van der Waals surface area contributed by atoms with Crippen molar-refractivity contribution in [3.05, 3.63) is 46.0 Å². The van der Waals surface area contributed by atoms with Crippen LogP contribution in [-0.4, -0.2) is 10.1 Å². The van der Waals surface area contributed by atoms with Gasteiger partial charge in [-0.3, -0.25) is 0 Å². The van der Waals surface area contributed by atoms with Crippen LogP contribution in [0.2, 0.25) is 0 Å². The molecule has 0 radical (unpaired) electrons. The third-order valence-electron chi connectivity index (χ3n) is 2.11. The van der Waals surface area contributed by atoms with E-state index >= 15 is 0 Å². The molecule has 2 aromatic rings. The standard InChI is InChI=1S/C11H10BrClN2O/c1-7(13)11-14-10(16-15-11)6-8-2-4-9(12)5-3-8/h2-5,7H,6H2,1H3. The molecule has 3 nitrogen and oxygen atoms in total. The second-order valence-corrected chi connectivity index (χ2v) is 5.04. The molecule has 0 aliphatic heterocycles. The minimum atomic E-state index is -0.220. The Balaban J connectivity index is 2.11. The van der Waals surface area contributed by atoms with E-state index in [9.17, 15) is 0 Å². The lowest BCUT2D eigenvalue weighted by Gasteiger charge is -1.96. The summed E-state index contributed by atoms with van der Waals surface area (Å²) in [6.07, 6.45) is 0.629. The summed E-state index contributed by atoms with van der Waals surface area (Å²) in [6, 6.07) is 7.99. The molecule has 0 saturated heterocycles. The summed E-state index contributed by atoms with van der Waals surface area (Å²) in [5.74, 6) is 1.12. The fourth-order valence-corrected chi connectivity index (χ4v) is 1.63. The van der Waals surface area contributed by atoms with Gasteiger partial charge in [-0.25, -0.2) is 0 Å². The number of alkyl halides is 1. The highest BCUT2D eigenvalue weighted by Gasteiger charge is 2.11. The van der Waals surface area contributed by atoms with Crippen LogP contribution in [0.1, 0.15) is 29.6 Å². The van der Waals surface area contributed by atoms with Crippen LogP contribution in [0.5, 0.6) is 0 Å². The van der Waals surface area contributed by atoms with E-state index in [2.05, 4.69) is 26.1 Å². The van der Waals surface area contributed by atoms with Crippen molar-refractivity contribution >= 4 is 27.5 Å². The lowest BCUT2D eigenvalue weighted by molar-refractivity contribution is 0.379. The second-order valence-electron chi connectivity index (χ2n) is 3.47. The third kappa shape index (κ3) is 2.83. The van der Waals surface area contributed by atoms with Crippen molar-refractivity contribution in [1.29, 1.82) is 0 Å². The van der Waals surface area contributed by atoms with Crippen LogP contribution in [0, 0.1) is 0 Å². The summed E-state index contributed by atoms with van der Waals surface area (Å²) in [4.78, 5) is 4.21. The Morgan fingerprint density at radius 1 is 1.38 bits per heavy atom. The molecule has 0 saturated carbocycles. The highest BCUT2D eigenvalue weighted by molar-refractivity contribution is 9.10. The molecular weight excluding hydrogens is 291 g/mol. The van der Waals surface area contributed by atoms with Gasteiger partial charge in [-0.15, -0.1) is 11.6 Å². The Labute approximate surface area is 107 Å². The monoisotopic (exact) mass is 300 g/mol. The predicted octanol–water partition coefficient (Wildman–Crippen LogP) is 3.72. The molecule has 0 bridgehead atoms. The largest absolute Gasteiger partial charge is 0.339 e. The molecule has 16 heavy (non-hydrogen) atoms. The van der Waals surface area contributed by atoms with E-state index in [0.717, 1.165) is 10.0 Å². The Morgan fingerprint density at radius 2 is 2.06 bits per heavy atom. The second kappa shape index (κ2) is 4.97. The molecule has 1 unspecified atom stereocenters. The van der Waals surface area contributed by atoms with Crippen LogP contribution >= 0.6 is 27.5 Å². The highest BCUT2D eigenvalue weighted by atomic mass is 79.9. The van der Waals surface area contributed by atoms with Crippen LogP contribution in [0.15, 0.2) is 33.3 Å². The Hall–Kier alpha value is -0.870. The number of nitrogens with zero attached hydrogens (tertiary/aromatic N) is 2. The number of benzene rings is 1. The fraction of sp³-hybridized carbons (Fsp3) is 0.273. The zero-order valence-corrected chi connectivity index (χ0v) is 11.0. The molecule has 5 heteroatoms. The summed E-state index contributed by atoms with van der Waals surface area (Å²) in [5.41, 5.74) is 1.13. The van der Waals surface area contributed by atoms with E-state index in [0.29, 0.717) is 18.1 Å². The maximum atomic E-state index is 5.85. The van der Waals surface area contributed by atoms with Gasteiger partial charge in [0, 0.05) is 4.47 Å². The third-order valence-corrected chi connectivity index (χ3v) is 2.83. The first-order chi connectivity index (χ1) is 7.65. The SMILES string of the molecule is CC(Cl)c1noc(Cc2ccc(Br)cc2)n1. The normalized spacial score (nSPS) is 12.7. The Kier molecular flexibility index (Phi) is 3.61. The van der Waals surface area contributed by atoms with Gasteiger partial charge < -0.3 is 4.52 Å². The lowest BCUT2D eigenvalue weighted by atomic mass is 10.1. The highest BCUT2D eigenvalue weighted by Crippen LogP contribution is 2.17. The summed E-state index contributed by atoms with van der Waals surface area (Å²) in [6.45, 7) is 1.82. The first-order valence-corrected chi connectivity index (χ1v) is 6.09. The Bertz CT molecular complexity index is 467. The zero-order chi connectivity index (χ0) is 11.5. The molecule has 0 aliphatic carbocycles. The van der Waals surface area contributed by atoms with Crippen LogP contribution < -0.4 is 0 Å². The van der Waals surface area contributed by atoms with Gasteiger partial charge in [0.2, 0.25) is 5.89 Å². The zero-order valence-electron chi connectivity index (χ0n) is 8.65. The first kappa shape index (κ1) is 11.6. The summed E-state index contributed by atoms with van der Waals surface area (Å²) >= 11 is 9.23. The summed E-state index contributed by atoms with van der Waals surface area (Å²) in [5, 5.41) is 3.58. The van der Waals surface area contributed by atoms with E-state index in [1.165, 1.54) is 0 Å². The molecular formula is C11H10BrClN2O. The average molecular weight is 302 g/mol. The number of hydrogen-bond acceptors (Lipinski definition) is 3. The van der Waals surface area contributed by atoms with Crippen LogP contribution in [0.3, 0.4) is 0 Å². The van der Waals surface area contributed by atoms with Crippen molar-refractivity contribution in [2.45, 2.75) is 18.7 Å². The van der Waals surface area contributed by atoms with E-state index < -0.39 is 0 Å². The number of halogens is 2. The number of hydrogen-bond donors (Lipinski definition) is 0. The van der Waals surface area contributed by atoms with Crippen LogP contribution in [0.4, 0.5) is 0 Å². The smallest absolute Gasteiger partial charge is 0.231 e. The van der Waals surface area contributed by atoms with Gasteiger partial charge in [-0.1, -0.05) is 33.2 Å². The van der Waals surface area contributed by atoms with Gasteiger partial charge in [-0.2, -0.15) is 4.98 Å². The maximum absolute atomic E-state index is 5.85. The summed E-state index contributed by atoms with van der Waals surface area (Å²) in [7, 11) is 0. The molecule has 1 aromatic carbocycles. The molecule has 0 N–H and O–H groups in total. The number of rotatable bonds is 3. The van der Waals surface area contributed by atoms with Crippen molar-refractivity contribution in [1.82, 2.24) is 10.1 Å². The van der Waals surface area contributed by atoms with Crippen LogP contribution in [-0.2, 0) is 6.42 Å². The van der Waals surface area contributed by atoms with Gasteiger partial charge in [0.1, 0.15) is 0 Å². The first-order valence-electron chi connectivity index (χ1n) is 4.86. The van der Waals surface area contributed by atoms with Crippen molar-refractivity contribution in [2.75, 3.05) is 0 Å². The van der Waals surface area contributed by atoms with Crippen molar-refractivity contribution in [3.8, 4) is 0 Å². The van der Waals surface area contributed by atoms with Gasteiger partial charge in [0.25, 0.3) is 0 Å². The van der Waals surface area contributed by atoms with E-state index in [-0.39, 0.29) is 5.38 Å². The quantitative estimate of drug-likeness (QED) is 0.811. The molecule has 84 valence electrons. The average Bonchev–Trinajstić information content (AvgIpc) is 2.70. The summed E-state index contributed by atoms with van der Waals surface area (Å²) < 4.78 is 6.16. The van der Waals surface area contributed by atoms with Crippen molar-refractivity contribution in [2.24, 2.45) is 0 Å².